The van der Waals surface area contributed by atoms with E-state index in [2.05, 4.69) is 0 Å². The Morgan fingerprint density at radius 3 is 2.50 bits per heavy atom. The van der Waals surface area contributed by atoms with Gasteiger partial charge in [-0.15, -0.1) is 0 Å². The van der Waals surface area contributed by atoms with Crippen LogP contribution in [0.1, 0.15) is 60.7 Å². The highest BCUT2D eigenvalue weighted by molar-refractivity contribution is 6.51. The molecule has 34 heavy (non-hydrogen) atoms. The van der Waals surface area contributed by atoms with Gasteiger partial charge in [0.1, 0.15) is 23.3 Å². The fourth-order valence-corrected chi connectivity index (χ4v) is 4.46. The molecule has 1 amide bonds. The lowest BCUT2D eigenvalue weighted by atomic mass is 9.95. The summed E-state index contributed by atoms with van der Waals surface area (Å²) in [5.74, 6) is -0.434. The Morgan fingerprint density at radius 1 is 1.12 bits per heavy atom. The standard InChI is InChI=1S/C28H29NO5/c1-6-33-22-12-10-19(15-20(22)16(2)3)26(30)24-25(23-8-7-13-34-23)29(28(32)27(24)31)21-11-9-17(4)14-18(21)5/h7-16,25,30H,6H2,1-5H3/b26-24-. The zero-order valence-corrected chi connectivity index (χ0v) is 20.1. The molecular weight excluding hydrogens is 430 g/mol. The second-order valence-electron chi connectivity index (χ2n) is 8.81. The van der Waals surface area contributed by atoms with Crippen molar-refractivity contribution in [1.82, 2.24) is 0 Å². The van der Waals surface area contributed by atoms with Gasteiger partial charge in [-0.25, -0.2) is 0 Å². The number of ketones is 1. The predicted molar refractivity (Wildman–Crippen MR) is 131 cm³/mol. The van der Waals surface area contributed by atoms with E-state index >= 15 is 0 Å². The van der Waals surface area contributed by atoms with Crippen LogP contribution in [0.5, 0.6) is 5.75 Å². The summed E-state index contributed by atoms with van der Waals surface area (Å²) < 4.78 is 11.4. The number of ether oxygens (including phenoxy) is 1. The van der Waals surface area contributed by atoms with Crippen molar-refractivity contribution in [3.63, 3.8) is 0 Å². The van der Waals surface area contributed by atoms with Crippen LogP contribution < -0.4 is 9.64 Å². The lowest BCUT2D eigenvalue weighted by Gasteiger charge is -2.25. The number of hydrogen-bond acceptors (Lipinski definition) is 5. The van der Waals surface area contributed by atoms with Crippen molar-refractivity contribution in [3.8, 4) is 5.75 Å². The quantitative estimate of drug-likeness (QED) is 0.276. The molecule has 3 aromatic rings. The summed E-state index contributed by atoms with van der Waals surface area (Å²) in [6.07, 6.45) is 1.49. The number of nitrogens with zero attached hydrogens (tertiary/aromatic N) is 1. The highest BCUT2D eigenvalue weighted by Crippen LogP contribution is 2.43. The molecule has 1 unspecified atom stereocenters. The summed E-state index contributed by atoms with van der Waals surface area (Å²) in [7, 11) is 0. The van der Waals surface area contributed by atoms with E-state index in [4.69, 9.17) is 9.15 Å². The van der Waals surface area contributed by atoms with E-state index in [1.807, 2.05) is 58.9 Å². The molecule has 6 nitrogen and oxygen atoms in total. The van der Waals surface area contributed by atoms with Gasteiger partial charge in [0.05, 0.1) is 18.4 Å². The van der Waals surface area contributed by atoms with Gasteiger partial charge in [-0.05, 0) is 74.2 Å². The normalized spacial score (nSPS) is 17.6. The summed E-state index contributed by atoms with van der Waals surface area (Å²) in [5, 5.41) is 11.4. The van der Waals surface area contributed by atoms with E-state index in [0.717, 1.165) is 22.4 Å². The average molecular weight is 460 g/mol. The van der Waals surface area contributed by atoms with Crippen LogP contribution in [0, 0.1) is 13.8 Å². The summed E-state index contributed by atoms with van der Waals surface area (Å²) in [6.45, 7) is 10.4. The van der Waals surface area contributed by atoms with E-state index in [0.29, 0.717) is 23.6 Å². The molecule has 0 saturated carbocycles. The molecule has 1 saturated heterocycles. The molecule has 0 spiro atoms. The number of rotatable bonds is 6. The van der Waals surface area contributed by atoms with Crippen molar-refractivity contribution in [3.05, 3.63) is 88.4 Å². The smallest absolute Gasteiger partial charge is 0.300 e. The number of aliphatic hydroxyl groups is 1. The Balaban J connectivity index is 1.91. The second kappa shape index (κ2) is 9.21. The van der Waals surface area contributed by atoms with Crippen LogP contribution in [-0.4, -0.2) is 23.4 Å². The minimum atomic E-state index is -0.884. The number of amides is 1. The number of furan rings is 1. The highest BCUT2D eigenvalue weighted by Gasteiger charge is 2.48. The molecule has 6 heteroatoms. The number of aliphatic hydroxyl groups excluding tert-OH is 1. The van der Waals surface area contributed by atoms with Crippen molar-refractivity contribution in [2.24, 2.45) is 0 Å². The topological polar surface area (TPSA) is 80.0 Å². The molecule has 0 radical (unpaired) electrons. The van der Waals surface area contributed by atoms with Gasteiger partial charge in [0.2, 0.25) is 0 Å². The zero-order valence-electron chi connectivity index (χ0n) is 20.1. The molecule has 0 bridgehead atoms. The second-order valence-corrected chi connectivity index (χ2v) is 8.81. The Bertz CT molecular complexity index is 1270. The van der Waals surface area contributed by atoms with Gasteiger partial charge in [0, 0.05) is 11.3 Å². The average Bonchev–Trinajstić information content (AvgIpc) is 3.41. The number of carbonyl (C=O) groups excluding carboxylic acids is 2. The van der Waals surface area contributed by atoms with Crippen LogP contribution in [0.3, 0.4) is 0 Å². The lowest BCUT2D eigenvalue weighted by molar-refractivity contribution is -0.132. The molecule has 1 aliphatic rings. The lowest BCUT2D eigenvalue weighted by Crippen LogP contribution is -2.30. The highest BCUT2D eigenvalue weighted by atomic mass is 16.5. The monoisotopic (exact) mass is 459 g/mol. The molecule has 1 aromatic heterocycles. The fraction of sp³-hybridized carbons (Fsp3) is 0.286. The van der Waals surface area contributed by atoms with E-state index in [9.17, 15) is 14.7 Å². The summed E-state index contributed by atoms with van der Waals surface area (Å²) in [6, 6.07) is 13.5. The maximum Gasteiger partial charge on any atom is 0.300 e. The Kier molecular flexibility index (Phi) is 6.33. The van der Waals surface area contributed by atoms with Crippen molar-refractivity contribution in [2.45, 2.75) is 46.6 Å². The van der Waals surface area contributed by atoms with Crippen LogP contribution in [0.2, 0.25) is 0 Å². The predicted octanol–water partition coefficient (Wildman–Crippen LogP) is 6.04. The number of hydrogen-bond donors (Lipinski definition) is 1. The van der Waals surface area contributed by atoms with Crippen LogP contribution >= 0.6 is 0 Å². The molecule has 1 aliphatic heterocycles. The van der Waals surface area contributed by atoms with Crippen LogP contribution in [0.4, 0.5) is 5.69 Å². The van der Waals surface area contributed by atoms with Gasteiger partial charge < -0.3 is 14.3 Å². The largest absolute Gasteiger partial charge is 0.507 e. The summed E-state index contributed by atoms with van der Waals surface area (Å²) in [5.41, 5.74) is 3.84. The third kappa shape index (κ3) is 4.00. The van der Waals surface area contributed by atoms with E-state index in [1.54, 1.807) is 24.3 Å². The van der Waals surface area contributed by atoms with Crippen molar-refractivity contribution < 1.29 is 23.8 Å². The van der Waals surface area contributed by atoms with Gasteiger partial charge in [-0.3, -0.25) is 14.5 Å². The first-order valence-corrected chi connectivity index (χ1v) is 11.4. The van der Waals surface area contributed by atoms with Crippen LogP contribution in [0.25, 0.3) is 5.76 Å². The first-order valence-electron chi connectivity index (χ1n) is 11.4. The molecule has 2 heterocycles. The Morgan fingerprint density at radius 2 is 1.88 bits per heavy atom. The van der Waals surface area contributed by atoms with E-state index in [-0.39, 0.29) is 17.3 Å². The molecule has 1 atom stereocenters. The molecule has 2 aromatic carbocycles. The number of benzene rings is 2. The first kappa shape index (κ1) is 23.4. The zero-order chi connectivity index (χ0) is 24.6. The van der Waals surface area contributed by atoms with E-state index < -0.39 is 17.7 Å². The Hall–Kier alpha value is -3.80. The van der Waals surface area contributed by atoms with Crippen LogP contribution in [0.15, 0.2) is 64.8 Å². The maximum absolute atomic E-state index is 13.3. The molecular formula is C28H29NO5. The molecule has 1 fully saturated rings. The number of Topliss-reactive ketones (excluding diaryl/α,β-unsaturated/α-hetero) is 1. The third-order valence-corrected chi connectivity index (χ3v) is 6.07. The van der Waals surface area contributed by atoms with Gasteiger partial charge >= 0.3 is 0 Å². The van der Waals surface area contributed by atoms with Gasteiger partial charge in [-0.1, -0.05) is 31.5 Å². The van der Waals surface area contributed by atoms with Gasteiger partial charge in [0.25, 0.3) is 11.7 Å². The first-order chi connectivity index (χ1) is 16.2. The molecule has 4 rings (SSSR count). The third-order valence-electron chi connectivity index (χ3n) is 6.07. The van der Waals surface area contributed by atoms with Crippen LogP contribution in [-0.2, 0) is 9.59 Å². The summed E-state index contributed by atoms with van der Waals surface area (Å²) in [4.78, 5) is 28.0. The molecule has 1 N–H and O–H groups in total. The van der Waals surface area contributed by atoms with Crippen molar-refractivity contribution in [2.75, 3.05) is 11.5 Å². The van der Waals surface area contributed by atoms with E-state index in [1.165, 1.54) is 11.2 Å². The van der Waals surface area contributed by atoms with Gasteiger partial charge in [0.15, 0.2) is 0 Å². The molecule has 0 aliphatic carbocycles. The minimum absolute atomic E-state index is 0.00112. The fourth-order valence-electron chi connectivity index (χ4n) is 4.46. The SMILES string of the molecule is CCOc1ccc(/C(O)=C2/C(=O)C(=O)N(c3ccc(C)cc3C)C2c2ccco2)cc1C(C)C. The van der Waals surface area contributed by atoms with Crippen molar-refractivity contribution in [1.29, 1.82) is 0 Å². The minimum Gasteiger partial charge on any atom is -0.507 e. The van der Waals surface area contributed by atoms with Gasteiger partial charge in [-0.2, -0.15) is 0 Å². The van der Waals surface area contributed by atoms with Crippen molar-refractivity contribution >= 4 is 23.1 Å². The number of anilines is 1. The maximum atomic E-state index is 13.3. The Labute approximate surface area is 199 Å². The number of carbonyl (C=O) groups is 2. The summed E-state index contributed by atoms with van der Waals surface area (Å²) >= 11 is 0. The molecule has 176 valence electrons. The number of aryl methyl sites for hydroxylation is 2.